The van der Waals surface area contributed by atoms with Crippen LogP contribution < -0.4 is 0 Å². The molecule has 8 heteroatoms. The molecule has 8 nitrogen and oxygen atoms in total. The van der Waals surface area contributed by atoms with Crippen LogP contribution in [0.2, 0.25) is 0 Å². The van der Waals surface area contributed by atoms with Gasteiger partial charge in [-0.05, 0) is 6.92 Å². The van der Waals surface area contributed by atoms with Gasteiger partial charge < -0.3 is 35.4 Å². The predicted molar refractivity (Wildman–Crippen MR) is 49.3 cm³/mol. The van der Waals surface area contributed by atoms with Crippen LogP contribution in [0.15, 0.2) is 0 Å². The van der Waals surface area contributed by atoms with Crippen LogP contribution in [0.4, 0.5) is 0 Å². The van der Waals surface area contributed by atoms with Gasteiger partial charge in [-0.25, -0.2) is 4.79 Å². The Morgan fingerprint density at radius 2 is 1.69 bits per heavy atom. The van der Waals surface area contributed by atoms with Gasteiger partial charge in [0.1, 0.15) is 24.4 Å². The molecule has 0 aromatic carbocycles. The summed E-state index contributed by atoms with van der Waals surface area (Å²) in [4.78, 5) is 9.45. The smallest absolute Gasteiger partial charge is 0.332 e. The SMILES string of the molecule is CC(O)C(=O)O.OC1OC[C@@H](O)[C@H](O)[C@H]1O. The van der Waals surface area contributed by atoms with Crippen molar-refractivity contribution in [2.75, 3.05) is 6.61 Å². The number of carbonyl (C=O) groups is 1. The van der Waals surface area contributed by atoms with Crippen molar-refractivity contribution in [2.24, 2.45) is 0 Å². The zero-order chi connectivity index (χ0) is 12.9. The van der Waals surface area contributed by atoms with E-state index in [9.17, 15) is 4.79 Å². The van der Waals surface area contributed by atoms with Crippen molar-refractivity contribution in [1.29, 1.82) is 0 Å². The average molecular weight is 240 g/mol. The van der Waals surface area contributed by atoms with Crippen LogP contribution in [0.25, 0.3) is 0 Å². The third kappa shape index (κ3) is 4.84. The number of rotatable bonds is 1. The first kappa shape index (κ1) is 15.2. The number of carboxylic acids is 1. The predicted octanol–water partition coefficient (Wildman–Crippen LogP) is -3.13. The lowest BCUT2D eigenvalue weighted by Crippen LogP contribution is -2.52. The van der Waals surface area contributed by atoms with E-state index in [-0.39, 0.29) is 6.61 Å². The van der Waals surface area contributed by atoms with Crippen molar-refractivity contribution in [3.05, 3.63) is 0 Å². The average Bonchev–Trinajstić information content (AvgIpc) is 2.21. The first-order valence-corrected chi connectivity index (χ1v) is 4.52. The highest BCUT2D eigenvalue weighted by Gasteiger charge is 2.36. The van der Waals surface area contributed by atoms with Crippen LogP contribution in [-0.2, 0) is 9.53 Å². The van der Waals surface area contributed by atoms with Crippen LogP contribution in [0.1, 0.15) is 6.92 Å². The first-order chi connectivity index (χ1) is 7.27. The molecule has 1 heterocycles. The van der Waals surface area contributed by atoms with Crippen molar-refractivity contribution >= 4 is 5.97 Å². The second kappa shape index (κ2) is 6.74. The van der Waals surface area contributed by atoms with Crippen molar-refractivity contribution in [1.82, 2.24) is 0 Å². The van der Waals surface area contributed by atoms with Gasteiger partial charge in [0, 0.05) is 0 Å². The minimum absolute atomic E-state index is 0.153. The number of ether oxygens (including phenoxy) is 1. The molecule has 1 aliphatic heterocycles. The summed E-state index contributed by atoms with van der Waals surface area (Å²) < 4.78 is 4.47. The molecule has 1 saturated heterocycles. The third-order valence-corrected chi connectivity index (χ3v) is 1.83. The summed E-state index contributed by atoms with van der Waals surface area (Å²) in [5, 5.41) is 51.0. The molecule has 0 radical (unpaired) electrons. The van der Waals surface area contributed by atoms with Gasteiger partial charge in [0.05, 0.1) is 6.61 Å². The van der Waals surface area contributed by atoms with E-state index in [1.807, 2.05) is 0 Å². The van der Waals surface area contributed by atoms with Gasteiger partial charge in [0.25, 0.3) is 0 Å². The lowest BCUT2D eigenvalue weighted by Gasteiger charge is -2.31. The largest absolute Gasteiger partial charge is 0.479 e. The monoisotopic (exact) mass is 240 g/mol. The maximum absolute atomic E-state index is 9.45. The van der Waals surface area contributed by atoms with Crippen molar-refractivity contribution in [3.63, 3.8) is 0 Å². The number of aliphatic carboxylic acids is 1. The van der Waals surface area contributed by atoms with Crippen LogP contribution in [-0.4, -0.2) is 73.9 Å². The molecule has 1 aliphatic rings. The van der Waals surface area contributed by atoms with Crippen LogP contribution in [0.5, 0.6) is 0 Å². The Balaban J connectivity index is 0.000000325. The van der Waals surface area contributed by atoms with E-state index >= 15 is 0 Å². The molecule has 1 fully saturated rings. The summed E-state index contributed by atoms with van der Waals surface area (Å²) in [7, 11) is 0. The number of aliphatic hydroxyl groups is 5. The minimum Gasteiger partial charge on any atom is -0.479 e. The Labute approximate surface area is 91.3 Å². The summed E-state index contributed by atoms with van der Waals surface area (Å²) in [6.45, 7) is 1.04. The molecule has 0 bridgehead atoms. The standard InChI is InChI=1S/C5H10O5.C3H6O3/c6-2-1-10-5(9)4(8)3(2)7;1-2(4)3(5)6/h2-9H,1H2;2,4H,1H3,(H,5,6)/t2-,3+,4-,5?;/m1./s1. The summed E-state index contributed by atoms with van der Waals surface area (Å²) in [5.41, 5.74) is 0. The number of hydrogen-bond donors (Lipinski definition) is 6. The topological polar surface area (TPSA) is 148 Å². The van der Waals surface area contributed by atoms with Crippen molar-refractivity contribution < 1.29 is 40.2 Å². The van der Waals surface area contributed by atoms with Crippen LogP contribution in [0.3, 0.4) is 0 Å². The lowest BCUT2D eigenvalue weighted by atomic mass is 10.1. The van der Waals surface area contributed by atoms with Gasteiger partial charge in [-0.2, -0.15) is 0 Å². The number of hydrogen-bond acceptors (Lipinski definition) is 7. The minimum atomic E-state index is -1.41. The summed E-state index contributed by atoms with van der Waals surface area (Å²) in [5.74, 6) is -1.19. The van der Waals surface area contributed by atoms with Crippen LogP contribution in [0, 0.1) is 0 Å². The fourth-order valence-electron chi connectivity index (χ4n) is 0.791. The van der Waals surface area contributed by atoms with Gasteiger partial charge in [0.15, 0.2) is 6.29 Å². The lowest BCUT2D eigenvalue weighted by molar-refractivity contribution is -0.252. The van der Waals surface area contributed by atoms with Crippen molar-refractivity contribution in [3.8, 4) is 0 Å². The van der Waals surface area contributed by atoms with E-state index in [2.05, 4.69) is 4.74 Å². The molecule has 5 atom stereocenters. The molecule has 2 unspecified atom stereocenters. The number of carboxylic acid groups (broad SMARTS) is 1. The van der Waals surface area contributed by atoms with Gasteiger partial charge in [-0.3, -0.25) is 0 Å². The molecular weight excluding hydrogens is 224 g/mol. The van der Waals surface area contributed by atoms with E-state index in [0.717, 1.165) is 0 Å². The Morgan fingerprint density at radius 3 is 2.00 bits per heavy atom. The Morgan fingerprint density at radius 1 is 1.25 bits per heavy atom. The summed E-state index contributed by atoms with van der Waals surface area (Å²) >= 11 is 0. The molecule has 16 heavy (non-hydrogen) atoms. The molecule has 0 aromatic rings. The zero-order valence-corrected chi connectivity index (χ0v) is 8.59. The fraction of sp³-hybridized carbons (Fsp3) is 0.875. The number of aliphatic hydroxyl groups excluding tert-OH is 5. The van der Waals surface area contributed by atoms with E-state index < -0.39 is 36.7 Å². The van der Waals surface area contributed by atoms with Gasteiger partial charge in [-0.15, -0.1) is 0 Å². The van der Waals surface area contributed by atoms with Crippen LogP contribution >= 0.6 is 0 Å². The van der Waals surface area contributed by atoms with Crippen molar-refractivity contribution in [2.45, 2.75) is 37.6 Å². The normalized spacial score (nSPS) is 35.9. The van der Waals surface area contributed by atoms with E-state index in [4.69, 9.17) is 30.6 Å². The van der Waals surface area contributed by atoms with E-state index in [0.29, 0.717) is 0 Å². The Bertz CT molecular complexity index is 204. The Hall–Kier alpha value is -0.770. The summed E-state index contributed by atoms with van der Waals surface area (Å²) in [6.07, 6.45) is -6.46. The fourth-order valence-corrected chi connectivity index (χ4v) is 0.791. The molecule has 1 rings (SSSR count). The second-order valence-corrected chi connectivity index (χ2v) is 3.29. The van der Waals surface area contributed by atoms with Gasteiger partial charge in [0.2, 0.25) is 0 Å². The molecule has 0 aliphatic carbocycles. The molecule has 0 aromatic heterocycles. The molecular formula is C8H16O8. The molecule has 0 saturated carbocycles. The third-order valence-electron chi connectivity index (χ3n) is 1.83. The Kier molecular flexibility index (Phi) is 6.41. The maximum atomic E-state index is 9.45. The van der Waals surface area contributed by atoms with Gasteiger partial charge in [-0.1, -0.05) is 0 Å². The highest BCUT2D eigenvalue weighted by Crippen LogP contribution is 2.12. The summed E-state index contributed by atoms with van der Waals surface area (Å²) in [6, 6.07) is 0. The first-order valence-electron chi connectivity index (χ1n) is 4.52. The molecule has 0 amide bonds. The van der Waals surface area contributed by atoms with Gasteiger partial charge >= 0.3 is 5.97 Å². The molecule has 6 N–H and O–H groups in total. The quantitative estimate of drug-likeness (QED) is 0.282. The van der Waals surface area contributed by atoms with E-state index in [1.54, 1.807) is 0 Å². The highest BCUT2D eigenvalue weighted by atomic mass is 16.6. The zero-order valence-electron chi connectivity index (χ0n) is 8.59. The molecule has 0 spiro atoms. The van der Waals surface area contributed by atoms with E-state index in [1.165, 1.54) is 6.92 Å². The maximum Gasteiger partial charge on any atom is 0.332 e. The highest BCUT2D eigenvalue weighted by molar-refractivity contribution is 5.71. The second-order valence-electron chi connectivity index (χ2n) is 3.29. The molecule has 96 valence electrons.